The lowest BCUT2D eigenvalue weighted by atomic mass is 9.90. The summed E-state index contributed by atoms with van der Waals surface area (Å²) in [6, 6.07) is 0.194. The Hall–Kier alpha value is -0.650. The Morgan fingerprint density at radius 2 is 2.21 bits per heavy atom. The molecule has 2 unspecified atom stereocenters. The lowest BCUT2D eigenvalue weighted by molar-refractivity contribution is -0.146. The summed E-state index contributed by atoms with van der Waals surface area (Å²) in [5, 5.41) is 12.5. The van der Waals surface area contributed by atoms with Gasteiger partial charge in [-0.25, -0.2) is 0 Å². The minimum Gasteiger partial charge on any atom is -0.480 e. The zero-order valence-electron chi connectivity index (χ0n) is 12.8. The van der Waals surface area contributed by atoms with E-state index < -0.39 is 11.5 Å². The predicted molar refractivity (Wildman–Crippen MR) is 75.4 cm³/mol. The molecule has 0 saturated carbocycles. The molecule has 5 nitrogen and oxygen atoms in total. The number of ether oxygens (including phenoxy) is 1. The fourth-order valence-electron chi connectivity index (χ4n) is 3.01. The minimum absolute atomic E-state index is 0.0384. The van der Waals surface area contributed by atoms with E-state index in [1.165, 1.54) is 0 Å². The third-order valence-electron chi connectivity index (χ3n) is 3.98. The number of aliphatic carboxylic acids is 1. The van der Waals surface area contributed by atoms with Crippen molar-refractivity contribution in [3.63, 3.8) is 0 Å². The maximum absolute atomic E-state index is 11.5. The predicted octanol–water partition coefficient (Wildman–Crippen LogP) is 1.33. The smallest absolute Gasteiger partial charge is 0.323 e. The van der Waals surface area contributed by atoms with E-state index in [0.29, 0.717) is 19.6 Å². The van der Waals surface area contributed by atoms with E-state index in [1.54, 1.807) is 6.92 Å². The lowest BCUT2D eigenvalue weighted by Gasteiger charge is -2.47. The van der Waals surface area contributed by atoms with E-state index >= 15 is 0 Å². The van der Waals surface area contributed by atoms with Crippen LogP contribution in [0.1, 0.15) is 41.0 Å². The zero-order valence-corrected chi connectivity index (χ0v) is 12.8. The van der Waals surface area contributed by atoms with Crippen LogP contribution in [0.25, 0.3) is 0 Å². The Bertz CT molecular complexity index is 320. The number of carboxylic acids is 1. The molecule has 19 heavy (non-hydrogen) atoms. The number of nitrogens with one attached hydrogen (secondary N) is 1. The summed E-state index contributed by atoms with van der Waals surface area (Å²) < 4.78 is 5.52. The van der Waals surface area contributed by atoms with Crippen molar-refractivity contribution in [1.29, 1.82) is 0 Å². The molecular weight excluding hydrogens is 244 g/mol. The van der Waals surface area contributed by atoms with Gasteiger partial charge in [-0.2, -0.15) is 0 Å². The largest absolute Gasteiger partial charge is 0.480 e. The van der Waals surface area contributed by atoms with Crippen LogP contribution in [0.3, 0.4) is 0 Å². The van der Waals surface area contributed by atoms with Crippen molar-refractivity contribution < 1.29 is 14.6 Å². The van der Waals surface area contributed by atoms with Gasteiger partial charge in [0.25, 0.3) is 0 Å². The number of hydrogen-bond donors (Lipinski definition) is 2. The van der Waals surface area contributed by atoms with Gasteiger partial charge < -0.3 is 15.2 Å². The van der Waals surface area contributed by atoms with Gasteiger partial charge in [-0.15, -0.1) is 0 Å². The Morgan fingerprint density at radius 1 is 1.58 bits per heavy atom. The van der Waals surface area contributed by atoms with Crippen molar-refractivity contribution in [2.75, 3.05) is 26.3 Å². The molecule has 0 aromatic carbocycles. The highest BCUT2D eigenvalue weighted by Gasteiger charge is 2.39. The Morgan fingerprint density at radius 3 is 2.68 bits per heavy atom. The van der Waals surface area contributed by atoms with Crippen molar-refractivity contribution in [1.82, 2.24) is 10.2 Å². The first-order valence-electron chi connectivity index (χ1n) is 7.06. The number of carbonyl (C=O) groups is 1. The Kier molecular flexibility index (Phi) is 5.35. The Labute approximate surface area is 116 Å². The third kappa shape index (κ3) is 3.91. The molecule has 1 rings (SSSR count). The standard InChI is InChI=1S/C14H28N2O3/c1-6-15-14(5,12(17)18)9-11(2)16-7-8-19-10-13(16,3)4/h11,15H,6-10H2,1-5H3,(H,17,18). The first-order chi connectivity index (χ1) is 8.73. The van der Waals surface area contributed by atoms with Crippen molar-refractivity contribution in [2.45, 2.75) is 58.2 Å². The summed E-state index contributed by atoms with van der Waals surface area (Å²) in [6.45, 7) is 13.0. The van der Waals surface area contributed by atoms with Gasteiger partial charge in [0.2, 0.25) is 0 Å². The SMILES string of the molecule is CCNC(C)(CC(C)N1CCOCC1(C)C)C(=O)O. The molecule has 0 aromatic heterocycles. The first kappa shape index (κ1) is 16.4. The van der Waals surface area contributed by atoms with E-state index in [2.05, 4.69) is 31.0 Å². The summed E-state index contributed by atoms with van der Waals surface area (Å²) in [5.41, 5.74) is -0.911. The summed E-state index contributed by atoms with van der Waals surface area (Å²) >= 11 is 0. The van der Waals surface area contributed by atoms with Crippen molar-refractivity contribution in [3.05, 3.63) is 0 Å². The van der Waals surface area contributed by atoms with Gasteiger partial charge >= 0.3 is 5.97 Å². The summed E-state index contributed by atoms with van der Waals surface area (Å²) in [6.07, 6.45) is 0.583. The quantitative estimate of drug-likeness (QED) is 0.764. The topological polar surface area (TPSA) is 61.8 Å². The molecule has 0 spiro atoms. The molecule has 5 heteroatoms. The maximum Gasteiger partial charge on any atom is 0.323 e. The third-order valence-corrected chi connectivity index (χ3v) is 3.98. The van der Waals surface area contributed by atoms with Gasteiger partial charge in [-0.3, -0.25) is 9.69 Å². The molecule has 112 valence electrons. The molecule has 1 aliphatic heterocycles. The fraction of sp³-hybridized carbons (Fsp3) is 0.929. The first-order valence-corrected chi connectivity index (χ1v) is 7.06. The molecule has 0 aromatic rings. The van der Waals surface area contributed by atoms with E-state index in [-0.39, 0.29) is 11.6 Å². The van der Waals surface area contributed by atoms with Crippen LogP contribution in [0, 0.1) is 0 Å². The lowest BCUT2D eigenvalue weighted by Crippen LogP contribution is -2.60. The van der Waals surface area contributed by atoms with Crippen molar-refractivity contribution in [2.24, 2.45) is 0 Å². The molecule has 0 bridgehead atoms. The van der Waals surface area contributed by atoms with Gasteiger partial charge in [0.05, 0.1) is 13.2 Å². The summed E-state index contributed by atoms with van der Waals surface area (Å²) in [7, 11) is 0. The number of morpholine rings is 1. The number of nitrogens with zero attached hydrogens (tertiary/aromatic N) is 1. The molecular formula is C14H28N2O3. The number of rotatable bonds is 6. The van der Waals surface area contributed by atoms with Gasteiger partial charge in [-0.1, -0.05) is 6.92 Å². The summed E-state index contributed by atoms with van der Waals surface area (Å²) in [5.74, 6) is -0.785. The highest BCUT2D eigenvalue weighted by molar-refractivity contribution is 5.78. The van der Waals surface area contributed by atoms with E-state index in [9.17, 15) is 9.90 Å². The normalized spacial score (nSPS) is 24.7. The molecule has 0 radical (unpaired) electrons. The molecule has 0 amide bonds. The van der Waals surface area contributed by atoms with E-state index in [0.717, 1.165) is 13.2 Å². The molecule has 1 saturated heterocycles. The van der Waals surface area contributed by atoms with Crippen molar-refractivity contribution >= 4 is 5.97 Å². The highest BCUT2D eigenvalue weighted by atomic mass is 16.5. The van der Waals surface area contributed by atoms with Crippen LogP contribution in [-0.4, -0.2) is 59.4 Å². The zero-order chi connectivity index (χ0) is 14.7. The van der Waals surface area contributed by atoms with Gasteiger partial charge in [0.1, 0.15) is 5.54 Å². The van der Waals surface area contributed by atoms with Crippen LogP contribution in [0.2, 0.25) is 0 Å². The monoisotopic (exact) mass is 272 g/mol. The average molecular weight is 272 g/mol. The maximum atomic E-state index is 11.5. The number of likely N-dealkylation sites (N-methyl/N-ethyl adjacent to an activating group) is 1. The van der Waals surface area contributed by atoms with Crippen LogP contribution >= 0.6 is 0 Å². The van der Waals surface area contributed by atoms with Gasteiger partial charge in [0.15, 0.2) is 0 Å². The van der Waals surface area contributed by atoms with Crippen LogP contribution in [-0.2, 0) is 9.53 Å². The molecule has 0 aliphatic carbocycles. The van der Waals surface area contributed by atoms with Crippen LogP contribution in [0.4, 0.5) is 0 Å². The number of hydrogen-bond acceptors (Lipinski definition) is 4. The minimum atomic E-state index is -0.872. The van der Waals surface area contributed by atoms with Crippen molar-refractivity contribution in [3.8, 4) is 0 Å². The van der Waals surface area contributed by atoms with Crippen LogP contribution in [0.5, 0.6) is 0 Å². The van der Waals surface area contributed by atoms with E-state index in [4.69, 9.17) is 4.74 Å². The Balaban J connectivity index is 2.76. The van der Waals surface area contributed by atoms with Gasteiger partial charge in [0, 0.05) is 18.1 Å². The second-order valence-electron chi connectivity index (χ2n) is 6.28. The van der Waals surface area contributed by atoms with Crippen LogP contribution in [0.15, 0.2) is 0 Å². The number of carboxylic acid groups (broad SMARTS) is 1. The van der Waals surface area contributed by atoms with Gasteiger partial charge in [-0.05, 0) is 40.7 Å². The molecule has 1 aliphatic rings. The van der Waals surface area contributed by atoms with Crippen LogP contribution < -0.4 is 5.32 Å². The molecule has 2 atom stereocenters. The second kappa shape index (κ2) is 6.20. The highest BCUT2D eigenvalue weighted by Crippen LogP contribution is 2.26. The molecule has 1 fully saturated rings. The van der Waals surface area contributed by atoms with E-state index in [1.807, 2.05) is 6.92 Å². The second-order valence-corrected chi connectivity index (χ2v) is 6.28. The average Bonchev–Trinajstić information content (AvgIpc) is 2.28. The molecule has 2 N–H and O–H groups in total. The molecule has 1 heterocycles. The fourth-order valence-corrected chi connectivity index (χ4v) is 3.01. The summed E-state index contributed by atoms with van der Waals surface area (Å²) in [4.78, 5) is 13.8.